The molecule has 0 unspecified atom stereocenters. The molecule has 0 radical (unpaired) electrons. The van der Waals surface area contributed by atoms with E-state index < -0.39 is 0 Å². The second-order valence-corrected chi connectivity index (χ2v) is 5.60. The van der Waals surface area contributed by atoms with Crippen LogP contribution >= 0.6 is 39.1 Å². The maximum atomic E-state index is 12.2. The molecule has 1 amide bonds. The van der Waals surface area contributed by atoms with E-state index in [9.17, 15) is 4.79 Å². The molecule has 0 aliphatic heterocycles. The van der Waals surface area contributed by atoms with E-state index in [2.05, 4.69) is 21.2 Å². The first kappa shape index (κ1) is 15.8. The molecule has 1 aromatic carbocycles. The largest absolute Gasteiger partial charge is 0.346 e. The second kappa shape index (κ2) is 6.78. The van der Waals surface area contributed by atoms with Gasteiger partial charge in [-0.05, 0) is 31.0 Å². The first-order valence-corrected chi connectivity index (χ1v) is 7.69. The van der Waals surface area contributed by atoms with Crippen LogP contribution in [-0.4, -0.2) is 16.8 Å². The van der Waals surface area contributed by atoms with Crippen molar-refractivity contribution in [2.24, 2.45) is 0 Å². The van der Waals surface area contributed by atoms with E-state index in [1.165, 1.54) is 0 Å². The van der Waals surface area contributed by atoms with Crippen molar-refractivity contribution in [3.8, 4) is 0 Å². The Kier molecular flexibility index (Phi) is 5.96. The lowest BCUT2D eigenvalue weighted by atomic mass is 9.95. The summed E-state index contributed by atoms with van der Waals surface area (Å²) >= 11 is 15.4. The highest BCUT2D eigenvalue weighted by atomic mass is 79.9. The number of hydrogen-bond donors (Lipinski definition) is 1. The van der Waals surface area contributed by atoms with Gasteiger partial charge in [-0.3, -0.25) is 4.79 Å². The number of nitrogens with one attached hydrogen (secondary N) is 1. The minimum atomic E-state index is -0.247. The van der Waals surface area contributed by atoms with Gasteiger partial charge >= 0.3 is 0 Å². The second-order valence-electron chi connectivity index (χ2n) is 4.20. The lowest BCUT2D eigenvalue weighted by molar-refractivity contribution is 0.0904. The van der Waals surface area contributed by atoms with E-state index in [4.69, 9.17) is 23.2 Å². The Labute approximate surface area is 126 Å². The van der Waals surface area contributed by atoms with Crippen molar-refractivity contribution >= 4 is 45.0 Å². The van der Waals surface area contributed by atoms with Crippen LogP contribution in [0.25, 0.3) is 0 Å². The first-order chi connectivity index (χ1) is 8.48. The Morgan fingerprint density at radius 1 is 1.33 bits per heavy atom. The minimum Gasteiger partial charge on any atom is -0.346 e. The van der Waals surface area contributed by atoms with E-state index in [-0.39, 0.29) is 11.4 Å². The average molecular weight is 353 g/mol. The van der Waals surface area contributed by atoms with Gasteiger partial charge in [-0.1, -0.05) is 53.0 Å². The predicted octanol–water partition coefficient (Wildman–Crippen LogP) is 4.68. The van der Waals surface area contributed by atoms with Gasteiger partial charge in [0.05, 0.1) is 10.6 Å². The molecule has 5 heteroatoms. The molecule has 1 rings (SSSR count). The Morgan fingerprint density at radius 2 is 1.94 bits per heavy atom. The zero-order valence-corrected chi connectivity index (χ0v) is 13.5. The molecule has 100 valence electrons. The molecule has 0 heterocycles. The van der Waals surface area contributed by atoms with Gasteiger partial charge in [0.15, 0.2) is 0 Å². The van der Waals surface area contributed by atoms with Crippen molar-refractivity contribution < 1.29 is 4.79 Å². The fourth-order valence-electron chi connectivity index (χ4n) is 1.63. The Hall–Kier alpha value is -0.250. The number of amides is 1. The van der Waals surface area contributed by atoms with Crippen molar-refractivity contribution in [1.29, 1.82) is 0 Å². The van der Waals surface area contributed by atoms with Crippen LogP contribution in [0.15, 0.2) is 18.2 Å². The summed E-state index contributed by atoms with van der Waals surface area (Å²) in [5.74, 6) is -0.189. The number of carbonyl (C=O) groups excluding carboxylic acids is 1. The molecule has 0 aliphatic rings. The predicted molar refractivity (Wildman–Crippen MR) is 81.0 cm³/mol. The molecule has 0 saturated heterocycles. The average Bonchev–Trinajstić information content (AvgIpc) is 2.38. The smallest absolute Gasteiger partial charge is 0.253 e. The molecule has 0 aromatic heterocycles. The number of alkyl halides is 1. The summed E-state index contributed by atoms with van der Waals surface area (Å²) in [6.07, 6.45) is 1.69. The molecule has 2 nitrogen and oxygen atoms in total. The summed E-state index contributed by atoms with van der Waals surface area (Å²) in [7, 11) is 0. The fourth-order valence-corrected chi connectivity index (χ4v) is 2.94. The van der Waals surface area contributed by atoms with E-state index in [1.807, 2.05) is 13.8 Å². The van der Waals surface area contributed by atoms with Crippen LogP contribution in [-0.2, 0) is 0 Å². The van der Waals surface area contributed by atoms with E-state index in [0.717, 1.165) is 12.8 Å². The maximum absolute atomic E-state index is 12.2. The standard InChI is InChI=1S/C13H16BrCl2NO/c1-3-13(4-2,8-14)17-12(18)10-7-9(15)5-6-11(10)16/h5-7H,3-4,8H2,1-2H3,(H,17,18). The third-order valence-electron chi connectivity index (χ3n) is 3.16. The highest BCUT2D eigenvalue weighted by Gasteiger charge is 2.27. The van der Waals surface area contributed by atoms with Crippen molar-refractivity contribution in [1.82, 2.24) is 5.32 Å². The molecular formula is C13H16BrCl2NO. The fraction of sp³-hybridized carbons (Fsp3) is 0.462. The number of halogens is 3. The molecule has 0 fully saturated rings. The van der Waals surface area contributed by atoms with Gasteiger partial charge < -0.3 is 5.32 Å². The van der Waals surface area contributed by atoms with Crippen molar-refractivity contribution in [2.45, 2.75) is 32.2 Å². The quantitative estimate of drug-likeness (QED) is 0.766. The van der Waals surface area contributed by atoms with Crippen LogP contribution in [0, 0.1) is 0 Å². The summed E-state index contributed by atoms with van der Waals surface area (Å²) in [5.41, 5.74) is 0.166. The van der Waals surface area contributed by atoms with Gasteiger partial charge in [-0.2, -0.15) is 0 Å². The number of rotatable bonds is 5. The topological polar surface area (TPSA) is 29.1 Å². The lowest BCUT2D eigenvalue weighted by Gasteiger charge is -2.31. The molecule has 0 atom stereocenters. The Balaban J connectivity index is 2.97. The summed E-state index contributed by atoms with van der Waals surface area (Å²) in [6.45, 7) is 4.09. The molecule has 0 bridgehead atoms. The summed E-state index contributed by atoms with van der Waals surface area (Å²) in [4.78, 5) is 12.2. The van der Waals surface area contributed by atoms with E-state index in [0.29, 0.717) is 20.9 Å². The lowest BCUT2D eigenvalue weighted by Crippen LogP contribution is -2.49. The summed E-state index contributed by atoms with van der Waals surface area (Å²) in [5, 5.41) is 4.65. The van der Waals surface area contributed by atoms with Crippen LogP contribution in [0.4, 0.5) is 0 Å². The number of hydrogen-bond acceptors (Lipinski definition) is 1. The van der Waals surface area contributed by atoms with Crippen molar-refractivity contribution in [3.63, 3.8) is 0 Å². The molecule has 1 aromatic rings. The van der Waals surface area contributed by atoms with Gasteiger partial charge in [-0.15, -0.1) is 0 Å². The van der Waals surface area contributed by atoms with Gasteiger partial charge in [-0.25, -0.2) is 0 Å². The molecule has 0 spiro atoms. The molecule has 1 N–H and O–H groups in total. The maximum Gasteiger partial charge on any atom is 0.253 e. The normalized spacial score (nSPS) is 11.4. The zero-order chi connectivity index (χ0) is 13.8. The van der Waals surface area contributed by atoms with Crippen molar-refractivity contribution in [3.05, 3.63) is 33.8 Å². The Morgan fingerprint density at radius 3 is 2.44 bits per heavy atom. The van der Waals surface area contributed by atoms with Crippen molar-refractivity contribution in [2.75, 3.05) is 5.33 Å². The van der Waals surface area contributed by atoms with E-state index >= 15 is 0 Å². The number of benzene rings is 1. The van der Waals surface area contributed by atoms with Crippen LogP contribution in [0.1, 0.15) is 37.0 Å². The van der Waals surface area contributed by atoms with Gasteiger partial charge in [0, 0.05) is 15.9 Å². The number of carbonyl (C=O) groups is 1. The van der Waals surface area contributed by atoms with Crippen LogP contribution < -0.4 is 5.32 Å². The third-order valence-corrected chi connectivity index (χ3v) is 4.80. The minimum absolute atomic E-state index is 0.189. The molecule has 0 saturated carbocycles. The highest BCUT2D eigenvalue weighted by molar-refractivity contribution is 9.09. The van der Waals surface area contributed by atoms with Crippen LogP contribution in [0.2, 0.25) is 10.0 Å². The SMILES string of the molecule is CCC(CC)(CBr)NC(=O)c1cc(Cl)ccc1Cl. The van der Waals surface area contributed by atoms with Crippen LogP contribution in [0.3, 0.4) is 0 Å². The molecule has 0 aliphatic carbocycles. The van der Waals surface area contributed by atoms with Gasteiger partial charge in [0.1, 0.15) is 0 Å². The van der Waals surface area contributed by atoms with Gasteiger partial charge in [0.2, 0.25) is 0 Å². The summed E-state index contributed by atoms with van der Waals surface area (Å²) < 4.78 is 0. The zero-order valence-electron chi connectivity index (χ0n) is 10.4. The molecule has 18 heavy (non-hydrogen) atoms. The van der Waals surface area contributed by atoms with Gasteiger partial charge in [0.25, 0.3) is 5.91 Å². The summed E-state index contributed by atoms with van der Waals surface area (Å²) in [6, 6.07) is 4.88. The van der Waals surface area contributed by atoms with E-state index in [1.54, 1.807) is 18.2 Å². The monoisotopic (exact) mass is 351 g/mol. The highest BCUT2D eigenvalue weighted by Crippen LogP contribution is 2.23. The Bertz CT molecular complexity index is 425. The molecular weight excluding hydrogens is 337 g/mol. The van der Waals surface area contributed by atoms with Crippen LogP contribution in [0.5, 0.6) is 0 Å². The first-order valence-electron chi connectivity index (χ1n) is 5.81. The third kappa shape index (κ3) is 3.62.